The van der Waals surface area contributed by atoms with Crippen molar-refractivity contribution in [3.63, 3.8) is 0 Å². The Balaban J connectivity index is 2.13. The van der Waals surface area contributed by atoms with Crippen LogP contribution in [-0.4, -0.2) is 5.91 Å². The van der Waals surface area contributed by atoms with Gasteiger partial charge in [0.1, 0.15) is 5.82 Å². The Hall–Kier alpha value is -1.68. The van der Waals surface area contributed by atoms with Gasteiger partial charge in [0, 0.05) is 4.47 Å². The number of hydrogen-bond donors (Lipinski definition) is 1. The first-order valence-corrected chi connectivity index (χ1v) is 6.68. The summed E-state index contributed by atoms with van der Waals surface area (Å²) in [5, 5.41) is 2.88. The molecule has 0 heterocycles. The van der Waals surface area contributed by atoms with Crippen LogP contribution in [0.15, 0.2) is 53.0 Å². The zero-order chi connectivity index (χ0) is 13.8. The van der Waals surface area contributed by atoms with E-state index in [1.54, 1.807) is 0 Å². The normalized spacial score (nSPS) is 11.9. The van der Waals surface area contributed by atoms with E-state index in [2.05, 4.69) is 21.2 Å². The lowest BCUT2D eigenvalue weighted by Crippen LogP contribution is -2.26. The third kappa shape index (κ3) is 3.41. The monoisotopic (exact) mass is 321 g/mol. The lowest BCUT2D eigenvalue weighted by Gasteiger charge is -2.15. The molecule has 2 nitrogen and oxygen atoms in total. The third-order valence-corrected chi connectivity index (χ3v) is 3.48. The minimum absolute atomic E-state index is 0.106. The largest absolute Gasteiger partial charge is 0.345 e. The molecular formula is C15H13BrFNO. The topological polar surface area (TPSA) is 29.1 Å². The third-order valence-electron chi connectivity index (χ3n) is 2.82. The Morgan fingerprint density at radius 3 is 2.53 bits per heavy atom. The predicted molar refractivity (Wildman–Crippen MR) is 76.4 cm³/mol. The molecule has 0 saturated heterocycles. The van der Waals surface area contributed by atoms with Crippen molar-refractivity contribution in [2.24, 2.45) is 0 Å². The maximum absolute atomic E-state index is 13.0. The molecule has 0 aromatic heterocycles. The van der Waals surface area contributed by atoms with Crippen LogP contribution >= 0.6 is 15.9 Å². The molecule has 0 spiro atoms. The van der Waals surface area contributed by atoms with Gasteiger partial charge < -0.3 is 5.32 Å². The fourth-order valence-corrected chi connectivity index (χ4v) is 2.30. The average molecular weight is 322 g/mol. The fourth-order valence-electron chi connectivity index (χ4n) is 1.77. The highest BCUT2D eigenvalue weighted by molar-refractivity contribution is 9.10. The van der Waals surface area contributed by atoms with Crippen LogP contribution in [0.1, 0.15) is 28.9 Å². The van der Waals surface area contributed by atoms with Gasteiger partial charge in [0.15, 0.2) is 0 Å². The quantitative estimate of drug-likeness (QED) is 0.906. The summed E-state index contributed by atoms with van der Waals surface area (Å²) in [6.07, 6.45) is 0. The molecule has 0 aliphatic carbocycles. The first-order chi connectivity index (χ1) is 9.08. The van der Waals surface area contributed by atoms with Gasteiger partial charge in [-0.1, -0.05) is 30.3 Å². The van der Waals surface area contributed by atoms with Crippen molar-refractivity contribution >= 4 is 21.8 Å². The van der Waals surface area contributed by atoms with Crippen LogP contribution in [0.3, 0.4) is 0 Å². The number of hydrogen-bond acceptors (Lipinski definition) is 1. The van der Waals surface area contributed by atoms with E-state index >= 15 is 0 Å². The van der Waals surface area contributed by atoms with Gasteiger partial charge in [-0.2, -0.15) is 0 Å². The van der Waals surface area contributed by atoms with Crippen LogP contribution in [0.25, 0.3) is 0 Å². The van der Waals surface area contributed by atoms with E-state index in [0.717, 1.165) is 5.56 Å². The van der Waals surface area contributed by atoms with E-state index in [1.807, 2.05) is 37.3 Å². The summed E-state index contributed by atoms with van der Waals surface area (Å²) in [6.45, 7) is 1.91. The molecule has 19 heavy (non-hydrogen) atoms. The minimum atomic E-state index is -0.375. The van der Waals surface area contributed by atoms with Crippen molar-refractivity contribution in [2.75, 3.05) is 0 Å². The van der Waals surface area contributed by atoms with Crippen LogP contribution < -0.4 is 5.32 Å². The van der Waals surface area contributed by atoms with Crippen LogP contribution in [0.4, 0.5) is 4.39 Å². The van der Waals surface area contributed by atoms with Crippen LogP contribution in [0.5, 0.6) is 0 Å². The number of carbonyl (C=O) groups is 1. The Kier molecular flexibility index (Phi) is 4.32. The van der Waals surface area contributed by atoms with Gasteiger partial charge in [-0.25, -0.2) is 4.39 Å². The molecule has 0 aliphatic heterocycles. The van der Waals surface area contributed by atoms with E-state index in [1.165, 1.54) is 18.2 Å². The first kappa shape index (κ1) is 13.7. The van der Waals surface area contributed by atoms with Crippen molar-refractivity contribution in [2.45, 2.75) is 13.0 Å². The summed E-state index contributed by atoms with van der Waals surface area (Å²) >= 11 is 3.19. The molecule has 1 amide bonds. The Morgan fingerprint density at radius 1 is 1.21 bits per heavy atom. The molecule has 0 radical (unpaired) electrons. The Bertz CT molecular complexity index is 586. The van der Waals surface area contributed by atoms with Gasteiger partial charge in [0.05, 0.1) is 11.6 Å². The smallest absolute Gasteiger partial charge is 0.252 e. The van der Waals surface area contributed by atoms with Crippen molar-refractivity contribution in [1.29, 1.82) is 0 Å². The van der Waals surface area contributed by atoms with Crippen LogP contribution in [0, 0.1) is 5.82 Å². The number of halogens is 2. The molecule has 2 rings (SSSR count). The van der Waals surface area contributed by atoms with E-state index in [9.17, 15) is 9.18 Å². The number of benzene rings is 2. The van der Waals surface area contributed by atoms with Crippen LogP contribution in [-0.2, 0) is 0 Å². The maximum atomic E-state index is 13.0. The van der Waals surface area contributed by atoms with Gasteiger partial charge >= 0.3 is 0 Å². The summed E-state index contributed by atoms with van der Waals surface area (Å²) in [6, 6.07) is 13.6. The molecule has 1 N–H and O–H groups in total. The number of nitrogens with one attached hydrogen (secondary N) is 1. The summed E-state index contributed by atoms with van der Waals surface area (Å²) in [7, 11) is 0. The van der Waals surface area contributed by atoms with E-state index < -0.39 is 0 Å². The van der Waals surface area contributed by atoms with Crippen molar-refractivity contribution in [3.05, 3.63) is 69.9 Å². The van der Waals surface area contributed by atoms with Crippen LogP contribution in [0.2, 0.25) is 0 Å². The van der Waals surface area contributed by atoms with Gasteiger partial charge in [0.2, 0.25) is 0 Å². The maximum Gasteiger partial charge on any atom is 0.252 e. The van der Waals surface area contributed by atoms with Gasteiger partial charge in [-0.3, -0.25) is 4.79 Å². The molecule has 0 bridgehead atoms. The van der Waals surface area contributed by atoms with Gasteiger partial charge in [0.25, 0.3) is 5.91 Å². The van der Waals surface area contributed by atoms with Gasteiger partial charge in [-0.05, 0) is 46.6 Å². The molecule has 0 aliphatic rings. The van der Waals surface area contributed by atoms with Gasteiger partial charge in [-0.15, -0.1) is 0 Å². The summed E-state index contributed by atoms with van der Waals surface area (Å²) in [5.41, 5.74) is 1.44. The molecule has 1 atom stereocenters. The van der Waals surface area contributed by atoms with Crippen molar-refractivity contribution in [1.82, 2.24) is 5.32 Å². The summed E-state index contributed by atoms with van der Waals surface area (Å²) < 4.78 is 13.4. The Morgan fingerprint density at radius 2 is 1.89 bits per heavy atom. The molecule has 98 valence electrons. The average Bonchev–Trinajstić information content (AvgIpc) is 2.39. The summed E-state index contributed by atoms with van der Waals surface area (Å²) in [5.74, 6) is -0.609. The molecule has 4 heteroatoms. The second kappa shape index (κ2) is 5.97. The first-order valence-electron chi connectivity index (χ1n) is 5.89. The highest BCUT2D eigenvalue weighted by Crippen LogP contribution is 2.19. The molecule has 2 aromatic carbocycles. The molecule has 1 unspecified atom stereocenters. The standard InChI is InChI=1S/C15H13BrFNO/c1-10(11-5-3-2-4-6-11)18-15(19)13-8-7-12(17)9-14(13)16/h2-10H,1H3,(H,18,19). The molecule has 0 fully saturated rings. The highest BCUT2D eigenvalue weighted by atomic mass is 79.9. The van der Waals surface area contributed by atoms with E-state index in [0.29, 0.717) is 10.0 Å². The number of amides is 1. The molecular weight excluding hydrogens is 309 g/mol. The zero-order valence-electron chi connectivity index (χ0n) is 10.4. The second-order valence-electron chi connectivity index (χ2n) is 4.23. The minimum Gasteiger partial charge on any atom is -0.345 e. The zero-order valence-corrected chi connectivity index (χ0v) is 11.9. The number of carbonyl (C=O) groups excluding carboxylic acids is 1. The highest BCUT2D eigenvalue weighted by Gasteiger charge is 2.14. The SMILES string of the molecule is CC(NC(=O)c1ccc(F)cc1Br)c1ccccc1. The van der Waals surface area contributed by atoms with E-state index in [4.69, 9.17) is 0 Å². The Labute approximate surface area is 119 Å². The second-order valence-corrected chi connectivity index (χ2v) is 5.08. The van der Waals surface area contributed by atoms with Crippen molar-refractivity contribution < 1.29 is 9.18 Å². The van der Waals surface area contributed by atoms with E-state index in [-0.39, 0.29) is 17.8 Å². The number of rotatable bonds is 3. The lowest BCUT2D eigenvalue weighted by molar-refractivity contribution is 0.0939. The predicted octanol–water partition coefficient (Wildman–Crippen LogP) is 4.08. The molecule has 2 aromatic rings. The molecule has 0 saturated carbocycles. The lowest BCUT2D eigenvalue weighted by atomic mass is 10.1. The van der Waals surface area contributed by atoms with Crippen molar-refractivity contribution in [3.8, 4) is 0 Å². The fraction of sp³-hybridized carbons (Fsp3) is 0.133. The summed E-state index contributed by atoms with van der Waals surface area (Å²) in [4.78, 5) is 12.1.